The van der Waals surface area contributed by atoms with E-state index in [1.165, 1.54) is 0 Å². The zero-order valence-corrected chi connectivity index (χ0v) is 17.6. The molecule has 10 heteroatoms. The Labute approximate surface area is 175 Å². The number of carbonyl (C=O) groups excluding carboxylic acids is 2. The number of aromatic nitrogens is 4. The maximum atomic E-state index is 13.5. The smallest absolute Gasteiger partial charge is 0.407 e. The van der Waals surface area contributed by atoms with Crippen molar-refractivity contribution >= 4 is 12.0 Å². The number of amides is 2. The Balaban J connectivity index is 1.78. The molecule has 2 amide bonds. The number of tetrazole rings is 1. The fourth-order valence-electron chi connectivity index (χ4n) is 3.67. The molecule has 30 heavy (non-hydrogen) atoms. The minimum absolute atomic E-state index is 0.0800. The van der Waals surface area contributed by atoms with Crippen LogP contribution < -0.4 is 10.1 Å². The van der Waals surface area contributed by atoms with Crippen LogP contribution in [0.3, 0.4) is 0 Å². The van der Waals surface area contributed by atoms with Crippen molar-refractivity contribution < 1.29 is 19.1 Å². The van der Waals surface area contributed by atoms with Crippen molar-refractivity contribution in [2.45, 2.75) is 45.2 Å². The monoisotopic (exact) mass is 416 g/mol. The first-order valence-electron chi connectivity index (χ1n) is 10.1. The van der Waals surface area contributed by atoms with E-state index in [-0.39, 0.29) is 11.9 Å². The first kappa shape index (κ1) is 21.5. The Morgan fingerprint density at radius 1 is 1.37 bits per heavy atom. The molecular formula is C20H28N6O4. The molecule has 0 bridgehead atoms. The van der Waals surface area contributed by atoms with Gasteiger partial charge in [0.2, 0.25) is 5.91 Å². The molecule has 3 rings (SSSR count). The van der Waals surface area contributed by atoms with Gasteiger partial charge in [-0.25, -0.2) is 9.48 Å². The summed E-state index contributed by atoms with van der Waals surface area (Å²) < 4.78 is 11.8. The SMILES string of the molecule is CCOC(=O)N[C@H]1CCCN(C(=O)[C@H](Cc2cccc(OC)c2)n2nnnc2C)C1. The number of nitrogens with zero attached hydrogens (tertiary/aromatic N) is 5. The molecule has 2 aromatic rings. The van der Waals surface area contributed by atoms with Crippen LogP contribution in [-0.2, 0) is 16.0 Å². The van der Waals surface area contributed by atoms with Crippen LogP contribution in [0.4, 0.5) is 4.79 Å². The van der Waals surface area contributed by atoms with Gasteiger partial charge in [-0.05, 0) is 54.8 Å². The van der Waals surface area contributed by atoms with Crippen molar-refractivity contribution in [2.75, 3.05) is 26.8 Å². The Hall–Kier alpha value is -3.17. The predicted molar refractivity (Wildman–Crippen MR) is 108 cm³/mol. The third kappa shape index (κ3) is 5.25. The lowest BCUT2D eigenvalue weighted by molar-refractivity contribution is -0.136. The van der Waals surface area contributed by atoms with E-state index in [0.717, 1.165) is 24.2 Å². The molecular weight excluding hydrogens is 388 g/mol. The van der Waals surface area contributed by atoms with Gasteiger partial charge < -0.3 is 19.7 Å². The van der Waals surface area contributed by atoms with Crippen LogP contribution in [0.2, 0.25) is 0 Å². The highest BCUT2D eigenvalue weighted by Crippen LogP contribution is 2.23. The number of hydrogen-bond donors (Lipinski definition) is 1. The molecule has 10 nitrogen and oxygen atoms in total. The lowest BCUT2D eigenvalue weighted by atomic mass is 10.0. The number of alkyl carbamates (subject to hydrolysis) is 1. The van der Waals surface area contributed by atoms with Crippen molar-refractivity contribution in [3.63, 3.8) is 0 Å². The van der Waals surface area contributed by atoms with Crippen molar-refractivity contribution in [1.82, 2.24) is 30.4 Å². The number of likely N-dealkylation sites (tertiary alicyclic amines) is 1. The average molecular weight is 416 g/mol. The topological polar surface area (TPSA) is 111 Å². The molecule has 0 radical (unpaired) electrons. The highest BCUT2D eigenvalue weighted by Gasteiger charge is 2.32. The standard InChI is InChI=1S/C20H28N6O4/c1-4-30-20(28)21-16-8-6-10-25(13-16)19(27)18(26-14(2)22-23-24-26)12-15-7-5-9-17(11-15)29-3/h5,7,9,11,16,18H,4,6,8,10,12-13H2,1-3H3,(H,21,28)/t16-,18-/m0/s1. The first-order chi connectivity index (χ1) is 14.5. The Bertz CT molecular complexity index is 870. The summed E-state index contributed by atoms with van der Waals surface area (Å²) in [5, 5.41) is 14.5. The van der Waals surface area contributed by atoms with Crippen LogP contribution >= 0.6 is 0 Å². The zero-order chi connectivity index (χ0) is 21.5. The van der Waals surface area contributed by atoms with E-state index >= 15 is 0 Å². The minimum Gasteiger partial charge on any atom is -0.497 e. The highest BCUT2D eigenvalue weighted by molar-refractivity contribution is 5.81. The number of piperidine rings is 1. The third-order valence-electron chi connectivity index (χ3n) is 5.13. The summed E-state index contributed by atoms with van der Waals surface area (Å²) in [5.74, 6) is 1.21. The van der Waals surface area contributed by atoms with Gasteiger partial charge in [0.25, 0.3) is 0 Å². The molecule has 1 saturated heterocycles. The minimum atomic E-state index is -0.589. The van der Waals surface area contributed by atoms with Gasteiger partial charge in [0.1, 0.15) is 17.6 Å². The van der Waals surface area contributed by atoms with E-state index in [1.54, 1.807) is 30.5 Å². The van der Waals surface area contributed by atoms with Gasteiger partial charge in [0.05, 0.1) is 13.7 Å². The second-order valence-corrected chi connectivity index (χ2v) is 7.23. The van der Waals surface area contributed by atoms with Crippen molar-refractivity contribution in [3.8, 4) is 5.75 Å². The number of methoxy groups -OCH3 is 1. The third-order valence-corrected chi connectivity index (χ3v) is 5.13. The van der Waals surface area contributed by atoms with Gasteiger partial charge in [-0.3, -0.25) is 4.79 Å². The number of carbonyl (C=O) groups is 2. The molecule has 1 aromatic carbocycles. The predicted octanol–water partition coefficient (Wildman–Crippen LogP) is 1.51. The molecule has 1 aliphatic heterocycles. The molecule has 0 aliphatic carbocycles. The summed E-state index contributed by atoms with van der Waals surface area (Å²) in [6.45, 7) is 4.88. The van der Waals surface area contributed by atoms with Crippen molar-refractivity contribution in [3.05, 3.63) is 35.7 Å². The van der Waals surface area contributed by atoms with Gasteiger partial charge in [0, 0.05) is 25.6 Å². The quantitative estimate of drug-likeness (QED) is 0.728. The molecule has 0 spiro atoms. The lowest BCUT2D eigenvalue weighted by Crippen LogP contribution is -2.51. The van der Waals surface area contributed by atoms with Crippen LogP contribution in [0.1, 0.15) is 37.2 Å². The number of rotatable bonds is 7. The first-order valence-corrected chi connectivity index (χ1v) is 10.1. The van der Waals surface area contributed by atoms with E-state index in [1.807, 2.05) is 24.3 Å². The van der Waals surface area contributed by atoms with E-state index < -0.39 is 12.1 Å². The van der Waals surface area contributed by atoms with E-state index in [2.05, 4.69) is 20.8 Å². The lowest BCUT2D eigenvalue weighted by Gasteiger charge is -2.35. The summed E-state index contributed by atoms with van der Waals surface area (Å²) in [7, 11) is 1.61. The molecule has 0 unspecified atom stereocenters. The van der Waals surface area contributed by atoms with Crippen molar-refractivity contribution in [2.24, 2.45) is 0 Å². The van der Waals surface area contributed by atoms with Crippen LogP contribution in [0.25, 0.3) is 0 Å². The summed E-state index contributed by atoms with van der Waals surface area (Å²) >= 11 is 0. The van der Waals surface area contributed by atoms with Crippen LogP contribution in [-0.4, -0.2) is 70.0 Å². The maximum absolute atomic E-state index is 13.5. The molecule has 2 heterocycles. The molecule has 1 N–H and O–H groups in total. The van der Waals surface area contributed by atoms with Gasteiger partial charge in [-0.1, -0.05) is 12.1 Å². The zero-order valence-electron chi connectivity index (χ0n) is 17.6. The van der Waals surface area contributed by atoms with E-state index in [0.29, 0.717) is 31.9 Å². The fraction of sp³-hybridized carbons (Fsp3) is 0.550. The van der Waals surface area contributed by atoms with E-state index in [4.69, 9.17) is 9.47 Å². The summed E-state index contributed by atoms with van der Waals surface area (Å²) in [4.78, 5) is 27.0. The molecule has 2 atom stereocenters. The van der Waals surface area contributed by atoms with Gasteiger partial charge >= 0.3 is 6.09 Å². The summed E-state index contributed by atoms with van der Waals surface area (Å²) in [5.41, 5.74) is 0.945. The van der Waals surface area contributed by atoms with Gasteiger partial charge in [0.15, 0.2) is 0 Å². The number of hydrogen-bond acceptors (Lipinski definition) is 7. The normalized spacial score (nSPS) is 17.3. The Morgan fingerprint density at radius 3 is 2.90 bits per heavy atom. The van der Waals surface area contributed by atoms with Crippen LogP contribution in [0.15, 0.2) is 24.3 Å². The fourth-order valence-corrected chi connectivity index (χ4v) is 3.67. The molecule has 0 saturated carbocycles. The number of aryl methyl sites for hydroxylation is 1. The van der Waals surface area contributed by atoms with E-state index in [9.17, 15) is 9.59 Å². The van der Waals surface area contributed by atoms with Crippen LogP contribution in [0, 0.1) is 6.92 Å². The second-order valence-electron chi connectivity index (χ2n) is 7.23. The second kappa shape index (κ2) is 10.0. The van der Waals surface area contributed by atoms with Crippen LogP contribution in [0.5, 0.6) is 5.75 Å². The Kier molecular flexibility index (Phi) is 7.21. The van der Waals surface area contributed by atoms with Gasteiger partial charge in [-0.15, -0.1) is 5.10 Å². The molecule has 1 aromatic heterocycles. The largest absolute Gasteiger partial charge is 0.497 e. The summed E-state index contributed by atoms with van der Waals surface area (Å²) in [6.07, 6.45) is 1.56. The maximum Gasteiger partial charge on any atom is 0.407 e. The average Bonchev–Trinajstić information content (AvgIpc) is 3.17. The molecule has 1 fully saturated rings. The van der Waals surface area contributed by atoms with Gasteiger partial charge in [-0.2, -0.15) is 0 Å². The highest BCUT2D eigenvalue weighted by atomic mass is 16.5. The Morgan fingerprint density at radius 2 is 2.20 bits per heavy atom. The number of nitrogens with one attached hydrogen (secondary N) is 1. The summed E-state index contributed by atoms with van der Waals surface area (Å²) in [6, 6.07) is 6.87. The van der Waals surface area contributed by atoms with Crippen molar-refractivity contribution in [1.29, 1.82) is 0 Å². The number of ether oxygens (including phenoxy) is 2. The number of benzene rings is 1. The molecule has 162 valence electrons. The molecule has 1 aliphatic rings.